The van der Waals surface area contributed by atoms with Crippen molar-refractivity contribution in [2.75, 3.05) is 19.8 Å². The number of nitrogens with two attached hydrogens (primary N) is 1. The van der Waals surface area contributed by atoms with Gasteiger partial charge in [-0.2, -0.15) is 0 Å². The fraction of sp³-hybridized carbons (Fsp3) is 0.250. The number of ether oxygens (including phenoxy) is 2. The molecule has 2 N–H and O–H groups in total. The minimum Gasteiger partial charge on any atom is -0.490 e. The van der Waals surface area contributed by atoms with Gasteiger partial charge < -0.3 is 15.2 Å². The maximum absolute atomic E-state index is 5.67. The normalized spacial score (nSPS) is 10.4. The van der Waals surface area contributed by atoms with Gasteiger partial charge in [0, 0.05) is 4.47 Å². The monoisotopic (exact) mass is 413 g/mol. The molecule has 0 aliphatic heterocycles. The third-order valence-electron chi connectivity index (χ3n) is 2.86. The largest absolute Gasteiger partial charge is 0.490 e. The zero-order valence-electron chi connectivity index (χ0n) is 11.5. The number of rotatable bonds is 7. The molecule has 0 unspecified atom stereocenters. The van der Waals surface area contributed by atoms with Crippen molar-refractivity contribution in [2.45, 2.75) is 6.42 Å². The van der Waals surface area contributed by atoms with Crippen LogP contribution in [0, 0.1) is 0 Å². The second-order valence-electron chi connectivity index (χ2n) is 4.45. The van der Waals surface area contributed by atoms with Crippen LogP contribution in [0.1, 0.15) is 5.56 Å². The van der Waals surface area contributed by atoms with Crippen molar-refractivity contribution in [3.63, 3.8) is 0 Å². The third kappa shape index (κ3) is 5.34. The fourth-order valence-corrected chi connectivity index (χ4v) is 2.98. The predicted octanol–water partition coefficient (Wildman–Crippen LogP) is 4.17. The molecule has 0 radical (unpaired) electrons. The predicted molar refractivity (Wildman–Crippen MR) is 92.0 cm³/mol. The van der Waals surface area contributed by atoms with Crippen LogP contribution in [0.5, 0.6) is 11.5 Å². The molecule has 2 rings (SSSR count). The first-order chi connectivity index (χ1) is 10.2. The molecule has 5 heteroatoms. The lowest BCUT2D eigenvalue weighted by Gasteiger charge is -2.10. The highest BCUT2D eigenvalue weighted by molar-refractivity contribution is 9.11. The lowest BCUT2D eigenvalue weighted by molar-refractivity contribution is 0.216. The Morgan fingerprint density at radius 3 is 2.29 bits per heavy atom. The summed E-state index contributed by atoms with van der Waals surface area (Å²) in [5.41, 5.74) is 6.74. The highest BCUT2D eigenvalue weighted by Gasteiger charge is 2.02. The van der Waals surface area contributed by atoms with Gasteiger partial charge in [-0.05, 0) is 64.8 Å². The Hall–Kier alpha value is -1.04. The number of benzene rings is 2. The van der Waals surface area contributed by atoms with Crippen molar-refractivity contribution in [1.82, 2.24) is 0 Å². The summed E-state index contributed by atoms with van der Waals surface area (Å²) < 4.78 is 13.2. The summed E-state index contributed by atoms with van der Waals surface area (Å²) in [7, 11) is 0. The van der Waals surface area contributed by atoms with Gasteiger partial charge >= 0.3 is 0 Å². The molecule has 0 atom stereocenters. The minimum atomic E-state index is 0.491. The van der Waals surface area contributed by atoms with E-state index in [1.54, 1.807) is 0 Å². The molecular formula is C16H17Br2NO2. The first-order valence-corrected chi connectivity index (χ1v) is 8.27. The lowest BCUT2D eigenvalue weighted by Crippen LogP contribution is -2.09. The Labute approximate surface area is 141 Å². The van der Waals surface area contributed by atoms with Gasteiger partial charge in [-0.3, -0.25) is 0 Å². The SMILES string of the molecule is NCCc1ccc(OCCOc2ccc(Br)cc2Br)cc1. The van der Waals surface area contributed by atoms with Crippen molar-refractivity contribution in [1.29, 1.82) is 0 Å². The highest BCUT2D eigenvalue weighted by atomic mass is 79.9. The number of hydrogen-bond donors (Lipinski definition) is 1. The molecule has 0 bridgehead atoms. The molecule has 112 valence electrons. The van der Waals surface area contributed by atoms with Crippen LogP contribution in [0.2, 0.25) is 0 Å². The Balaban J connectivity index is 1.76. The van der Waals surface area contributed by atoms with Crippen LogP contribution in [0.15, 0.2) is 51.4 Å². The molecule has 0 heterocycles. The molecular weight excluding hydrogens is 398 g/mol. The van der Waals surface area contributed by atoms with Crippen molar-refractivity contribution < 1.29 is 9.47 Å². The minimum absolute atomic E-state index is 0.491. The number of halogens is 2. The van der Waals surface area contributed by atoms with E-state index in [0.717, 1.165) is 26.9 Å². The average molecular weight is 415 g/mol. The van der Waals surface area contributed by atoms with Crippen molar-refractivity contribution in [2.24, 2.45) is 5.73 Å². The Kier molecular flexibility index (Phi) is 6.54. The van der Waals surface area contributed by atoms with E-state index in [1.807, 2.05) is 42.5 Å². The highest BCUT2D eigenvalue weighted by Crippen LogP contribution is 2.28. The Morgan fingerprint density at radius 2 is 1.62 bits per heavy atom. The topological polar surface area (TPSA) is 44.5 Å². The van der Waals surface area contributed by atoms with Crippen LogP contribution in [-0.2, 0) is 6.42 Å². The van der Waals surface area contributed by atoms with E-state index in [1.165, 1.54) is 5.56 Å². The van der Waals surface area contributed by atoms with Crippen molar-refractivity contribution in [3.05, 3.63) is 57.0 Å². The van der Waals surface area contributed by atoms with Crippen molar-refractivity contribution in [3.8, 4) is 11.5 Å². The molecule has 0 saturated carbocycles. The first kappa shape index (κ1) is 16.3. The maximum Gasteiger partial charge on any atom is 0.133 e. The molecule has 3 nitrogen and oxygen atoms in total. The smallest absolute Gasteiger partial charge is 0.133 e. The summed E-state index contributed by atoms with van der Waals surface area (Å²) >= 11 is 6.87. The molecule has 21 heavy (non-hydrogen) atoms. The third-order valence-corrected chi connectivity index (χ3v) is 3.97. The van der Waals surface area contributed by atoms with Gasteiger partial charge in [0.15, 0.2) is 0 Å². The second-order valence-corrected chi connectivity index (χ2v) is 6.22. The van der Waals surface area contributed by atoms with E-state index in [-0.39, 0.29) is 0 Å². The molecule has 2 aromatic rings. The maximum atomic E-state index is 5.67. The van der Waals surface area contributed by atoms with Crippen LogP contribution >= 0.6 is 31.9 Å². The second kappa shape index (κ2) is 8.41. The molecule has 0 aliphatic carbocycles. The summed E-state index contributed by atoms with van der Waals surface area (Å²) in [6.45, 7) is 1.65. The van der Waals surface area contributed by atoms with Gasteiger partial charge in [-0.25, -0.2) is 0 Å². The zero-order valence-corrected chi connectivity index (χ0v) is 14.7. The van der Waals surface area contributed by atoms with E-state index < -0.39 is 0 Å². The molecule has 0 saturated heterocycles. The van der Waals surface area contributed by atoms with E-state index in [2.05, 4.69) is 31.9 Å². The van der Waals surface area contributed by atoms with Gasteiger partial charge in [-0.1, -0.05) is 28.1 Å². The molecule has 0 spiro atoms. The Morgan fingerprint density at radius 1 is 0.905 bits per heavy atom. The zero-order chi connectivity index (χ0) is 15.1. The van der Waals surface area contributed by atoms with Gasteiger partial charge in [0.2, 0.25) is 0 Å². The van der Waals surface area contributed by atoms with E-state index in [4.69, 9.17) is 15.2 Å². The summed E-state index contributed by atoms with van der Waals surface area (Å²) in [5, 5.41) is 0. The Bertz CT molecular complexity index is 573. The van der Waals surface area contributed by atoms with E-state index in [9.17, 15) is 0 Å². The van der Waals surface area contributed by atoms with Crippen LogP contribution < -0.4 is 15.2 Å². The average Bonchev–Trinajstić information content (AvgIpc) is 2.47. The van der Waals surface area contributed by atoms with Crippen LogP contribution in [0.3, 0.4) is 0 Å². The number of hydrogen-bond acceptors (Lipinski definition) is 3. The van der Waals surface area contributed by atoms with Crippen LogP contribution in [0.4, 0.5) is 0 Å². The molecule has 0 fully saturated rings. The summed E-state index contributed by atoms with van der Waals surface area (Å²) in [6, 6.07) is 13.8. The molecule has 0 aromatic heterocycles. The summed E-state index contributed by atoms with van der Waals surface area (Å²) in [4.78, 5) is 0. The summed E-state index contributed by atoms with van der Waals surface area (Å²) in [5.74, 6) is 1.65. The fourth-order valence-electron chi connectivity index (χ4n) is 1.82. The van der Waals surface area contributed by atoms with Crippen LogP contribution in [0.25, 0.3) is 0 Å². The van der Waals surface area contributed by atoms with Crippen molar-refractivity contribution >= 4 is 31.9 Å². The van der Waals surface area contributed by atoms with Gasteiger partial charge in [0.1, 0.15) is 24.7 Å². The summed E-state index contributed by atoms with van der Waals surface area (Å²) in [6.07, 6.45) is 0.890. The first-order valence-electron chi connectivity index (χ1n) is 6.68. The molecule has 0 aliphatic rings. The quantitative estimate of drug-likeness (QED) is 0.691. The van der Waals surface area contributed by atoms with Gasteiger partial charge in [-0.15, -0.1) is 0 Å². The molecule has 2 aromatic carbocycles. The van der Waals surface area contributed by atoms with Gasteiger partial charge in [0.25, 0.3) is 0 Å². The van der Waals surface area contributed by atoms with Gasteiger partial charge in [0.05, 0.1) is 4.47 Å². The van der Waals surface area contributed by atoms with E-state index >= 15 is 0 Å². The standard InChI is InChI=1S/C16H17Br2NO2/c17-13-3-6-16(15(18)11-13)21-10-9-20-14-4-1-12(2-5-14)7-8-19/h1-6,11H,7-10,19H2. The lowest BCUT2D eigenvalue weighted by atomic mass is 10.1. The molecule has 0 amide bonds. The van der Waals surface area contributed by atoms with E-state index in [0.29, 0.717) is 19.8 Å². The van der Waals surface area contributed by atoms with Crippen LogP contribution in [-0.4, -0.2) is 19.8 Å².